The smallest absolute Gasteiger partial charge is 0.343 e. The molecule has 0 saturated carbocycles. The number of aromatic amines is 1. The van der Waals surface area contributed by atoms with Crippen LogP contribution in [0.4, 0.5) is 0 Å². The standard InChI is InChI=1S/C13H12N2O4/c1-18-9-5-3-8(4-6-9)11-7-10(13(17)19-2)12(16)15-14-11/h3-7H,1-2H3,(H,15,16). The number of carbonyl (C=O) groups excluding carboxylic acids is 1. The van der Waals surface area contributed by atoms with Crippen molar-refractivity contribution < 1.29 is 14.3 Å². The van der Waals surface area contributed by atoms with Crippen LogP contribution in [0, 0.1) is 0 Å². The molecule has 6 nitrogen and oxygen atoms in total. The van der Waals surface area contributed by atoms with Gasteiger partial charge in [-0.15, -0.1) is 0 Å². The van der Waals surface area contributed by atoms with E-state index in [4.69, 9.17) is 4.74 Å². The van der Waals surface area contributed by atoms with Crippen molar-refractivity contribution >= 4 is 5.97 Å². The number of aromatic nitrogens is 2. The molecule has 2 rings (SSSR count). The number of carbonyl (C=O) groups is 1. The number of benzene rings is 1. The van der Waals surface area contributed by atoms with Crippen LogP contribution in [-0.2, 0) is 4.74 Å². The van der Waals surface area contributed by atoms with Crippen LogP contribution in [0.25, 0.3) is 11.3 Å². The summed E-state index contributed by atoms with van der Waals surface area (Å²) in [6.07, 6.45) is 0. The zero-order valence-corrected chi connectivity index (χ0v) is 10.5. The average Bonchev–Trinajstić information content (AvgIpc) is 2.47. The molecule has 1 aromatic carbocycles. The molecule has 0 atom stereocenters. The van der Waals surface area contributed by atoms with Gasteiger partial charge in [0.15, 0.2) is 0 Å². The van der Waals surface area contributed by atoms with E-state index in [2.05, 4.69) is 14.9 Å². The van der Waals surface area contributed by atoms with Gasteiger partial charge in [0.05, 0.1) is 19.9 Å². The second kappa shape index (κ2) is 5.34. The lowest BCUT2D eigenvalue weighted by Crippen LogP contribution is -2.20. The number of hydrogen-bond donors (Lipinski definition) is 1. The molecule has 0 aliphatic heterocycles. The molecule has 6 heteroatoms. The fourth-order valence-electron chi connectivity index (χ4n) is 1.58. The maximum absolute atomic E-state index is 11.5. The fourth-order valence-corrected chi connectivity index (χ4v) is 1.58. The number of methoxy groups -OCH3 is 2. The van der Waals surface area contributed by atoms with Crippen molar-refractivity contribution in [2.45, 2.75) is 0 Å². The number of hydrogen-bond acceptors (Lipinski definition) is 5. The summed E-state index contributed by atoms with van der Waals surface area (Å²) in [5.74, 6) is 0.0137. The zero-order chi connectivity index (χ0) is 13.8. The number of ether oxygens (including phenoxy) is 2. The van der Waals surface area contributed by atoms with Crippen molar-refractivity contribution in [2.75, 3.05) is 14.2 Å². The largest absolute Gasteiger partial charge is 0.497 e. The van der Waals surface area contributed by atoms with E-state index in [9.17, 15) is 9.59 Å². The highest BCUT2D eigenvalue weighted by atomic mass is 16.5. The highest BCUT2D eigenvalue weighted by Crippen LogP contribution is 2.20. The molecule has 0 aliphatic carbocycles. The Bertz CT molecular complexity index is 646. The Morgan fingerprint density at radius 1 is 1.21 bits per heavy atom. The van der Waals surface area contributed by atoms with Crippen molar-refractivity contribution in [3.05, 3.63) is 46.2 Å². The SMILES string of the molecule is COC(=O)c1cc(-c2ccc(OC)cc2)n[nH]c1=O. The number of nitrogens with one attached hydrogen (secondary N) is 1. The molecule has 1 N–H and O–H groups in total. The summed E-state index contributed by atoms with van der Waals surface area (Å²) in [5, 5.41) is 6.17. The Morgan fingerprint density at radius 3 is 2.47 bits per heavy atom. The Kier molecular flexibility index (Phi) is 3.61. The maximum atomic E-state index is 11.5. The normalized spacial score (nSPS) is 10.0. The molecule has 19 heavy (non-hydrogen) atoms. The van der Waals surface area contributed by atoms with Crippen LogP contribution in [0.15, 0.2) is 35.1 Å². The molecule has 0 spiro atoms. The summed E-state index contributed by atoms with van der Waals surface area (Å²) in [7, 11) is 2.79. The summed E-state index contributed by atoms with van der Waals surface area (Å²) >= 11 is 0. The van der Waals surface area contributed by atoms with E-state index in [-0.39, 0.29) is 5.56 Å². The molecule has 0 radical (unpaired) electrons. The summed E-state index contributed by atoms with van der Waals surface area (Å²) in [6, 6.07) is 8.48. The summed E-state index contributed by atoms with van der Waals surface area (Å²) < 4.78 is 9.59. The van der Waals surface area contributed by atoms with Crippen molar-refractivity contribution in [2.24, 2.45) is 0 Å². The van der Waals surface area contributed by atoms with E-state index in [0.29, 0.717) is 11.4 Å². The highest BCUT2D eigenvalue weighted by molar-refractivity contribution is 5.89. The van der Waals surface area contributed by atoms with Gasteiger partial charge in [0.2, 0.25) is 0 Å². The predicted molar refractivity (Wildman–Crippen MR) is 68.2 cm³/mol. The van der Waals surface area contributed by atoms with E-state index >= 15 is 0 Å². The molecule has 0 amide bonds. The third-order valence-electron chi connectivity index (χ3n) is 2.59. The molecular weight excluding hydrogens is 248 g/mol. The van der Waals surface area contributed by atoms with Crippen molar-refractivity contribution in [1.29, 1.82) is 0 Å². The molecule has 0 fully saturated rings. The van der Waals surface area contributed by atoms with Gasteiger partial charge in [-0.1, -0.05) is 0 Å². The molecule has 1 heterocycles. The van der Waals surface area contributed by atoms with Crippen molar-refractivity contribution in [1.82, 2.24) is 10.2 Å². The van der Waals surface area contributed by atoms with Crippen LogP contribution in [0.5, 0.6) is 5.75 Å². The molecule has 98 valence electrons. The van der Waals surface area contributed by atoms with Gasteiger partial charge in [-0.3, -0.25) is 4.79 Å². The van der Waals surface area contributed by atoms with Gasteiger partial charge < -0.3 is 9.47 Å². The molecule has 0 bridgehead atoms. The lowest BCUT2D eigenvalue weighted by atomic mass is 10.1. The van der Waals surface area contributed by atoms with Crippen LogP contribution in [-0.4, -0.2) is 30.4 Å². The highest BCUT2D eigenvalue weighted by Gasteiger charge is 2.13. The first-order chi connectivity index (χ1) is 9.15. The molecule has 0 unspecified atom stereocenters. The number of H-pyrrole nitrogens is 1. The number of rotatable bonds is 3. The molecule has 0 aliphatic rings. The molecule has 0 saturated heterocycles. The van der Waals surface area contributed by atoms with Crippen molar-refractivity contribution in [3.63, 3.8) is 0 Å². The average molecular weight is 260 g/mol. The van der Waals surface area contributed by atoms with Crippen LogP contribution in [0.2, 0.25) is 0 Å². The van der Waals surface area contributed by atoms with E-state index in [1.54, 1.807) is 31.4 Å². The van der Waals surface area contributed by atoms with E-state index in [1.807, 2.05) is 0 Å². The fraction of sp³-hybridized carbons (Fsp3) is 0.154. The Hall–Kier alpha value is -2.63. The van der Waals surface area contributed by atoms with Crippen LogP contribution in [0.3, 0.4) is 0 Å². The van der Waals surface area contributed by atoms with Crippen LogP contribution >= 0.6 is 0 Å². The van der Waals surface area contributed by atoms with E-state index in [0.717, 1.165) is 5.56 Å². The summed E-state index contributed by atoms with van der Waals surface area (Å²) in [5.41, 5.74) is 0.567. The second-order valence-corrected chi connectivity index (χ2v) is 3.72. The topological polar surface area (TPSA) is 81.3 Å². The van der Waals surface area contributed by atoms with Crippen molar-refractivity contribution in [3.8, 4) is 17.0 Å². The first-order valence-electron chi connectivity index (χ1n) is 5.48. The van der Waals surface area contributed by atoms with E-state index in [1.165, 1.54) is 13.2 Å². The summed E-state index contributed by atoms with van der Waals surface area (Å²) in [4.78, 5) is 22.9. The van der Waals surface area contributed by atoms with Gasteiger partial charge >= 0.3 is 5.97 Å². The predicted octanol–water partition coefficient (Wildman–Crippen LogP) is 1.23. The third-order valence-corrected chi connectivity index (χ3v) is 2.59. The first-order valence-corrected chi connectivity index (χ1v) is 5.48. The Labute approximate surface area is 109 Å². The maximum Gasteiger partial charge on any atom is 0.343 e. The Morgan fingerprint density at radius 2 is 1.89 bits per heavy atom. The van der Waals surface area contributed by atoms with E-state index < -0.39 is 11.5 Å². The number of nitrogens with zero attached hydrogens (tertiary/aromatic N) is 1. The quantitative estimate of drug-likeness (QED) is 0.839. The minimum atomic E-state index is -0.696. The van der Waals surface area contributed by atoms with Gasteiger partial charge in [-0.2, -0.15) is 5.10 Å². The molecule has 2 aromatic rings. The van der Waals surface area contributed by atoms with Gasteiger partial charge in [0.25, 0.3) is 5.56 Å². The van der Waals surface area contributed by atoms with Gasteiger partial charge in [-0.25, -0.2) is 9.89 Å². The second-order valence-electron chi connectivity index (χ2n) is 3.72. The number of esters is 1. The molecule has 1 aromatic heterocycles. The van der Waals surface area contributed by atoms with Crippen LogP contribution < -0.4 is 10.3 Å². The van der Waals surface area contributed by atoms with Gasteiger partial charge in [0.1, 0.15) is 11.3 Å². The summed E-state index contributed by atoms with van der Waals surface area (Å²) in [6.45, 7) is 0. The minimum absolute atomic E-state index is 0.0803. The van der Waals surface area contributed by atoms with Gasteiger partial charge in [-0.05, 0) is 30.3 Å². The minimum Gasteiger partial charge on any atom is -0.497 e. The van der Waals surface area contributed by atoms with Gasteiger partial charge in [0, 0.05) is 5.56 Å². The lowest BCUT2D eigenvalue weighted by molar-refractivity contribution is 0.0598. The third kappa shape index (κ3) is 2.62. The monoisotopic (exact) mass is 260 g/mol. The zero-order valence-electron chi connectivity index (χ0n) is 10.5. The Balaban J connectivity index is 2.45. The van der Waals surface area contributed by atoms with Crippen LogP contribution in [0.1, 0.15) is 10.4 Å². The first kappa shape index (κ1) is 12.8. The lowest BCUT2D eigenvalue weighted by Gasteiger charge is -2.04. The molecular formula is C13H12N2O4.